The van der Waals surface area contributed by atoms with Crippen LogP contribution in [-0.2, 0) is 21.4 Å². The van der Waals surface area contributed by atoms with E-state index in [1.807, 2.05) is 30.3 Å². The van der Waals surface area contributed by atoms with E-state index in [0.717, 1.165) is 5.69 Å². The van der Waals surface area contributed by atoms with Crippen LogP contribution < -0.4 is 15.4 Å². The Kier molecular flexibility index (Phi) is 7.29. The fourth-order valence-corrected chi connectivity index (χ4v) is 4.69. The van der Waals surface area contributed by atoms with Gasteiger partial charge in [-0.1, -0.05) is 18.2 Å². The van der Waals surface area contributed by atoms with E-state index in [4.69, 9.17) is 4.42 Å². The highest BCUT2D eigenvalue weighted by Gasteiger charge is 2.27. The number of benzene rings is 2. The Balaban J connectivity index is 1.26. The van der Waals surface area contributed by atoms with E-state index in [9.17, 15) is 18.0 Å². The number of furan rings is 1. The lowest BCUT2D eigenvalue weighted by atomic mass is 9.96. The van der Waals surface area contributed by atoms with Crippen LogP contribution in [0.4, 0.5) is 16.2 Å². The van der Waals surface area contributed by atoms with Crippen molar-refractivity contribution in [2.75, 3.05) is 23.7 Å². The van der Waals surface area contributed by atoms with Crippen molar-refractivity contribution in [1.29, 1.82) is 0 Å². The van der Waals surface area contributed by atoms with Crippen molar-refractivity contribution in [3.63, 3.8) is 0 Å². The summed E-state index contributed by atoms with van der Waals surface area (Å²) in [4.78, 5) is 26.9. The number of urea groups is 1. The van der Waals surface area contributed by atoms with Gasteiger partial charge in [-0.05, 0) is 61.4 Å². The molecule has 1 fully saturated rings. The second-order valence-electron chi connectivity index (χ2n) is 7.98. The minimum Gasteiger partial charge on any atom is -0.468 e. The third-order valence-electron chi connectivity index (χ3n) is 5.63. The van der Waals surface area contributed by atoms with E-state index in [-0.39, 0.29) is 29.3 Å². The summed E-state index contributed by atoms with van der Waals surface area (Å²) in [7, 11) is -3.71. The number of carbonyl (C=O) groups excluding carboxylic acids is 2. The number of amides is 3. The Labute approximate surface area is 198 Å². The molecule has 1 aromatic heterocycles. The van der Waals surface area contributed by atoms with Crippen LogP contribution in [0.5, 0.6) is 0 Å². The molecule has 0 unspecified atom stereocenters. The van der Waals surface area contributed by atoms with Crippen molar-refractivity contribution in [3.05, 3.63) is 78.8 Å². The molecule has 10 heteroatoms. The maximum absolute atomic E-state index is 12.7. The number of sulfonamides is 1. The van der Waals surface area contributed by atoms with Crippen LogP contribution in [0.25, 0.3) is 0 Å². The van der Waals surface area contributed by atoms with Crippen LogP contribution in [-0.4, -0.2) is 38.3 Å². The molecule has 1 aliphatic rings. The summed E-state index contributed by atoms with van der Waals surface area (Å²) in [5.74, 6) is 0.143. The summed E-state index contributed by atoms with van der Waals surface area (Å²) in [5.41, 5.74) is 1.24. The summed E-state index contributed by atoms with van der Waals surface area (Å²) >= 11 is 0. The van der Waals surface area contributed by atoms with Crippen LogP contribution in [0.1, 0.15) is 18.6 Å². The van der Waals surface area contributed by atoms with Gasteiger partial charge in [-0.25, -0.2) is 17.9 Å². The van der Waals surface area contributed by atoms with Crippen molar-refractivity contribution in [1.82, 2.24) is 9.62 Å². The second kappa shape index (κ2) is 10.5. The SMILES string of the molecule is O=C(Nc1ccc(S(=O)(=O)NCc2ccco2)cc1)C1CCN(C(=O)Nc2ccccc2)CC1. The van der Waals surface area contributed by atoms with Gasteiger partial charge < -0.3 is 20.0 Å². The van der Waals surface area contributed by atoms with Gasteiger partial charge in [-0.15, -0.1) is 0 Å². The summed E-state index contributed by atoms with van der Waals surface area (Å²) < 4.78 is 32.5. The molecule has 1 saturated heterocycles. The van der Waals surface area contributed by atoms with E-state index in [0.29, 0.717) is 37.4 Å². The Bertz CT molecular complexity index is 1200. The predicted molar refractivity (Wildman–Crippen MR) is 128 cm³/mol. The van der Waals surface area contributed by atoms with Crippen LogP contribution in [0, 0.1) is 5.92 Å². The largest absolute Gasteiger partial charge is 0.468 e. The number of hydrogen-bond donors (Lipinski definition) is 3. The fraction of sp³-hybridized carbons (Fsp3) is 0.250. The average molecular weight is 483 g/mol. The Morgan fingerprint density at radius 2 is 1.56 bits per heavy atom. The number of carbonyl (C=O) groups is 2. The van der Waals surface area contributed by atoms with Crippen molar-refractivity contribution in [2.24, 2.45) is 5.92 Å². The third-order valence-corrected chi connectivity index (χ3v) is 7.04. The lowest BCUT2D eigenvalue weighted by Crippen LogP contribution is -2.43. The number of anilines is 2. The van der Waals surface area contributed by atoms with Crippen LogP contribution in [0.2, 0.25) is 0 Å². The normalized spacial score (nSPS) is 14.5. The van der Waals surface area contributed by atoms with E-state index in [1.165, 1.54) is 18.4 Å². The lowest BCUT2D eigenvalue weighted by Gasteiger charge is -2.31. The summed E-state index contributed by atoms with van der Waals surface area (Å²) in [6.07, 6.45) is 2.58. The van der Waals surface area contributed by atoms with Crippen LogP contribution in [0.3, 0.4) is 0 Å². The number of likely N-dealkylation sites (tertiary alicyclic amines) is 1. The van der Waals surface area contributed by atoms with E-state index in [1.54, 1.807) is 29.2 Å². The number of rotatable bonds is 7. The number of para-hydroxylation sites is 1. The number of piperidine rings is 1. The number of hydrogen-bond acceptors (Lipinski definition) is 5. The molecule has 3 amide bonds. The maximum atomic E-state index is 12.7. The topological polar surface area (TPSA) is 121 Å². The second-order valence-corrected chi connectivity index (χ2v) is 9.74. The zero-order chi connectivity index (χ0) is 24.0. The Morgan fingerprint density at radius 1 is 0.882 bits per heavy atom. The molecule has 1 aliphatic heterocycles. The quantitative estimate of drug-likeness (QED) is 0.475. The monoisotopic (exact) mass is 482 g/mol. The zero-order valence-electron chi connectivity index (χ0n) is 18.4. The molecule has 0 bridgehead atoms. The molecule has 0 spiro atoms. The minimum atomic E-state index is -3.71. The molecule has 0 aliphatic carbocycles. The maximum Gasteiger partial charge on any atom is 0.321 e. The molecule has 34 heavy (non-hydrogen) atoms. The molecule has 0 saturated carbocycles. The van der Waals surface area contributed by atoms with E-state index < -0.39 is 10.0 Å². The first-order valence-electron chi connectivity index (χ1n) is 10.9. The van der Waals surface area contributed by atoms with Gasteiger partial charge in [0.15, 0.2) is 0 Å². The molecular formula is C24H26N4O5S. The van der Waals surface area contributed by atoms with Gasteiger partial charge in [0.1, 0.15) is 5.76 Å². The van der Waals surface area contributed by atoms with Gasteiger partial charge in [0.25, 0.3) is 0 Å². The molecule has 4 rings (SSSR count). The molecule has 178 valence electrons. The van der Waals surface area contributed by atoms with Crippen molar-refractivity contribution < 1.29 is 22.4 Å². The summed E-state index contributed by atoms with van der Waals surface area (Å²) in [6, 6.07) is 18.4. The van der Waals surface area contributed by atoms with E-state index >= 15 is 0 Å². The van der Waals surface area contributed by atoms with Gasteiger partial charge >= 0.3 is 6.03 Å². The lowest BCUT2D eigenvalue weighted by molar-refractivity contribution is -0.121. The molecule has 9 nitrogen and oxygen atoms in total. The highest BCUT2D eigenvalue weighted by molar-refractivity contribution is 7.89. The number of nitrogens with zero attached hydrogens (tertiary/aromatic N) is 1. The zero-order valence-corrected chi connectivity index (χ0v) is 19.3. The van der Waals surface area contributed by atoms with Crippen LogP contribution in [0.15, 0.2) is 82.3 Å². The summed E-state index contributed by atoms with van der Waals surface area (Å²) in [6.45, 7) is 1.01. The third kappa shape index (κ3) is 6.03. The molecule has 0 atom stereocenters. The molecule has 3 aromatic rings. The highest BCUT2D eigenvalue weighted by Crippen LogP contribution is 2.21. The first-order valence-corrected chi connectivity index (χ1v) is 12.4. The molecular weight excluding hydrogens is 456 g/mol. The van der Waals surface area contributed by atoms with Gasteiger partial charge in [0.2, 0.25) is 15.9 Å². The predicted octanol–water partition coefficient (Wildman–Crippen LogP) is 3.64. The molecule has 2 aromatic carbocycles. The average Bonchev–Trinajstić information content (AvgIpc) is 3.38. The minimum absolute atomic E-state index is 0.0515. The van der Waals surface area contributed by atoms with Crippen LogP contribution >= 0.6 is 0 Å². The van der Waals surface area contributed by atoms with Gasteiger partial charge in [-0.2, -0.15) is 0 Å². The molecule has 0 radical (unpaired) electrons. The van der Waals surface area contributed by atoms with Crippen molar-refractivity contribution in [2.45, 2.75) is 24.3 Å². The van der Waals surface area contributed by atoms with Gasteiger partial charge in [-0.3, -0.25) is 4.79 Å². The molecule has 3 N–H and O–H groups in total. The standard InChI is InChI=1S/C24H26N4O5S/c29-23(18-12-14-28(15-13-18)24(30)27-19-5-2-1-3-6-19)26-20-8-10-22(11-9-20)34(31,32)25-17-21-7-4-16-33-21/h1-11,16,18,25H,12-15,17H2,(H,26,29)(H,27,30). The fourth-order valence-electron chi connectivity index (χ4n) is 3.69. The first kappa shape index (κ1) is 23.5. The smallest absolute Gasteiger partial charge is 0.321 e. The first-order chi connectivity index (χ1) is 16.4. The van der Waals surface area contributed by atoms with E-state index in [2.05, 4.69) is 15.4 Å². The Hall–Kier alpha value is -3.63. The number of nitrogens with one attached hydrogen (secondary N) is 3. The van der Waals surface area contributed by atoms with Crippen molar-refractivity contribution in [3.8, 4) is 0 Å². The van der Waals surface area contributed by atoms with Gasteiger partial charge in [0.05, 0.1) is 17.7 Å². The van der Waals surface area contributed by atoms with Gasteiger partial charge in [0, 0.05) is 30.4 Å². The Morgan fingerprint density at radius 3 is 2.21 bits per heavy atom. The summed E-state index contributed by atoms with van der Waals surface area (Å²) in [5, 5.41) is 5.70. The van der Waals surface area contributed by atoms with Crippen molar-refractivity contribution >= 4 is 33.3 Å². The molecule has 2 heterocycles. The highest BCUT2D eigenvalue weighted by atomic mass is 32.2.